The standard InChI is InChI=1S/C9H8O/c1-2-5-8-6-3-4-7-9(8)10/h3-4,6-7,10H,1H3. The summed E-state index contributed by atoms with van der Waals surface area (Å²) in [5.74, 6) is 5.74. The quantitative estimate of drug-likeness (QED) is 0.533. The first-order chi connectivity index (χ1) is 4.84. The van der Waals surface area contributed by atoms with Gasteiger partial charge < -0.3 is 5.11 Å². The minimum atomic E-state index is 0.247. The predicted molar refractivity (Wildman–Crippen MR) is 40.7 cm³/mol. The number of benzene rings is 1. The lowest BCUT2D eigenvalue weighted by Gasteiger charge is -1.92. The molecule has 0 heterocycles. The SMILES string of the molecule is CC#Cc1ccccc1O. The summed E-state index contributed by atoms with van der Waals surface area (Å²) in [5.41, 5.74) is 0.685. The molecule has 1 aromatic carbocycles. The zero-order valence-corrected chi connectivity index (χ0v) is 5.76. The van der Waals surface area contributed by atoms with Crippen molar-refractivity contribution in [1.82, 2.24) is 0 Å². The van der Waals surface area contributed by atoms with E-state index in [0.717, 1.165) is 0 Å². The normalized spacial score (nSPS) is 8.10. The molecule has 1 nitrogen and oxygen atoms in total. The molecule has 1 N–H and O–H groups in total. The molecule has 1 heteroatoms. The number of hydrogen-bond acceptors (Lipinski definition) is 1. The maximum atomic E-state index is 9.14. The van der Waals surface area contributed by atoms with Crippen LogP contribution in [0.4, 0.5) is 0 Å². The largest absolute Gasteiger partial charge is 0.507 e. The van der Waals surface area contributed by atoms with Gasteiger partial charge in [0.1, 0.15) is 5.75 Å². The van der Waals surface area contributed by atoms with Gasteiger partial charge in [-0.25, -0.2) is 0 Å². The molecule has 1 rings (SSSR count). The maximum Gasteiger partial charge on any atom is 0.131 e. The van der Waals surface area contributed by atoms with Crippen LogP contribution < -0.4 is 0 Å². The first kappa shape index (κ1) is 6.70. The minimum Gasteiger partial charge on any atom is -0.507 e. The van der Waals surface area contributed by atoms with Crippen LogP contribution in [0.1, 0.15) is 12.5 Å². The van der Waals surface area contributed by atoms with Crippen LogP contribution in [0.15, 0.2) is 24.3 Å². The van der Waals surface area contributed by atoms with Gasteiger partial charge in [-0.1, -0.05) is 18.1 Å². The van der Waals surface area contributed by atoms with Crippen molar-refractivity contribution in [2.24, 2.45) is 0 Å². The molecule has 0 saturated heterocycles. The van der Waals surface area contributed by atoms with Gasteiger partial charge in [-0.15, -0.1) is 5.92 Å². The summed E-state index contributed by atoms with van der Waals surface area (Å²) in [5, 5.41) is 9.14. The number of phenolic OH excluding ortho intramolecular Hbond substituents is 1. The van der Waals surface area contributed by atoms with Crippen molar-refractivity contribution in [3.63, 3.8) is 0 Å². The molecule has 0 bridgehead atoms. The second kappa shape index (κ2) is 2.93. The van der Waals surface area contributed by atoms with Crippen LogP contribution in [0, 0.1) is 11.8 Å². The smallest absolute Gasteiger partial charge is 0.131 e. The minimum absolute atomic E-state index is 0.247. The fraction of sp³-hybridized carbons (Fsp3) is 0.111. The van der Waals surface area contributed by atoms with Gasteiger partial charge in [-0.2, -0.15) is 0 Å². The van der Waals surface area contributed by atoms with Gasteiger partial charge in [0.25, 0.3) is 0 Å². The lowest BCUT2D eigenvalue weighted by Crippen LogP contribution is -1.72. The highest BCUT2D eigenvalue weighted by atomic mass is 16.3. The third-order valence-corrected chi connectivity index (χ3v) is 1.16. The number of hydrogen-bond donors (Lipinski definition) is 1. The van der Waals surface area contributed by atoms with Gasteiger partial charge in [0.15, 0.2) is 0 Å². The van der Waals surface area contributed by atoms with E-state index in [1.165, 1.54) is 0 Å². The van der Waals surface area contributed by atoms with E-state index in [4.69, 9.17) is 5.11 Å². The molecule has 10 heavy (non-hydrogen) atoms. The van der Waals surface area contributed by atoms with Gasteiger partial charge in [-0.05, 0) is 19.1 Å². The lowest BCUT2D eigenvalue weighted by atomic mass is 10.2. The zero-order valence-electron chi connectivity index (χ0n) is 5.76. The Balaban J connectivity index is 3.11. The molecule has 0 unspecified atom stereocenters. The van der Waals surface area contributed by atoms with E-state index in [0.29, 0.717) is 5.56 Å². The van der Waals surface area contributed by atoms with Gasteiger partial charge in [0.2, 0.25) is 0 Å². The Hall–Kier alpha value is -1.42. The first-order valence-electron chi connectivity index (χ1n) is 3.05. The van der Waals surface area contributed by atoms with Crippen LogP contribution in [-0.4, -0.2) is 5.11 Å². The molecule has 0 saturated carbocycles. The summed E-state index contributed by atoms with van der Waals surface area (Å²) < 4.78 is 0. The Morgan fingerprint density at radius 1 is 1.30 bits per heavy atom. The predicted octanol–water partition coefficient (Wildman–Crippen LogP) is 1.76. The second-order valence-corrected chi connectivity index (χ2v) is 1.89. The summed E-state index contributed by atoms with van der Waals surface area (Å²) >= 11 is 0. The summed E-state index contributed by atoms with van der Waals surface area (Å²) in [7, 11) is 0. The monoisotopic (exact) mass is 132 g/mol. The van der Waals surface area contributed by atoms with Crippen LogP contribution >= 0.6 is 0 Å². The highest BCUT2D eigenvalue weighted by Crippen LogP contribution is 2.13. The van der Waals surface area contributed by atoms with E-state index < -0.39 is 0 Å². The van der Waals surface area contributed by atoms with E-state index in [1.54, 1.807) is 25.1 Å². The number of aromatic hydroxyl groups is 1. The average molecular weight is 132 g/mol. The molecule has 0 aliphatic heterocycles. The van der Waals surface area contributed by atoms with Crippen LogP contribution in [0.25, 0.3) is 0 Å². The van der Waals surface area contributed by atoms with Crippen molar-refractivity contribution >= 4 is 0 Å². The van der Waals surface area contributed by atoms with Crippen molar-refractivity contribution in [3.8, 4) is 17.6 Å². The third kappa shape index (κ3) is 1.29. The number of rotatable bonds is 0. The highest BCUT2D eigenvalue weighted by molar-refractivity contribution is 5.44. The molecule has 0 atom stereocenters. The Morgan fingerprint density at radius 2 is 2.00 bits per heavy atom. The zero-order chi connectivity index (χ0) is 7.40. The molecule has 0 aliphatic carbocycles. The lowest BCUT2D eigenvalue weighted by molar-refractivity contribution is 0.473. The Bertz CT molecular complexity index is 278. The Kier molecular flexibility index (Phi) is 1.96. The highest BCUT2D eigenvalue weighted by Gasteiger charge is 1.91. The number of phenols is 1. The molecule has 0 spiro atoms. The van der Waals surface area contributed by atoms with Crippen LogP contribution in [-0.2, 0) is 0 Å². The van der Waals surface area contributed by atoms with Crippen molar-refractivity contribution in [2.75, 3.05) is 0 Å². The maximum absolute atomic E-state index is 9.14. The van der Waals surface area contributed by atoms with Crippen LogP contribution in [0.3, 0.4) is 0 Å². The number of para-hydroxylation sites is 1. The third-order valence-electron chi connectivity index (χ3n) is 1.16. The molecule has 0 fully saturated rings. The van der Waals surface area contributed by atoms with Crippen molar-refractivity contribution in [2.45, 2.75) is 6.92 Å². The van der Waals surface area contributed by atoms with Crippen LogP contribution in [0.5, 0.6) is 5.75 Å². The van der Waals surface area contributed by atoms with Gasteiger partial charge in [0.05, 0.1) is 5.56 Å². The fourth-order valence-corrected chi connectivity index (χ4v) is 0.714. The molecule has 0 radical (unpaired) electrons. The molecular formula is C9H8O. The van der Waals surface area contributed by atoms with Crippen molar-refractivity contribution < 1.29 is 5.11 Å². The van der Waals surface area contributed by atoms with Crippen molar-refractivity contribution in [1.29, 1.82) is 0 Å². The van der Waals surface area contributed by atoms with E-state index in [1.807, 2.05) is 6.07 Å². The van der Waals surface area contributed by atoms with E-state index >= 15 is 0 Å². The summed E-state index contributed by atoms with van der Waals surface area (Å²) in [6.07, 6.45) is 0. The Labute approximate surface area is 60.3 Å². The molecule has 50 valence electrons. The summed E-state index contributed by atoms with van der Waals surface area (Å²) in [6, 6.07) is 7.03. The molecule has 0 aromatic heterocycles. The van der Waals surface area contributed by atoms with E-state index in [2.05, 4.69) is 11.8 Å². The summed E-state index contributed by atoms with van der Waals surface area (Å²) in [6.45, 7) is 1.74. The molecular weight excluding hydrogens is 124 g/mol. The average Bonchev–Trinajstić information content (AvgIpc) is 1.94. The van der Waals surface area contributed by atoms with E-state index in [-0.39, 0.29) is 5.75 Å². The summed E-state index contributed by atoms with van der Waals surface area (Å²) in [4.78, 5) is 0. The van der Waals surface area contributed by atoms with Gasteiger partial charge in [0, 0.05) is 0 Å². The molecule has 1 aromatic rings. The van der Waals surface area contributed by atoms with Gasteiger partial charge >= 0.3 is 0 Å². The second-order valence-electron chi connectivity index (χ2n) is 1.89. The Morgan fingerprint density at radius 3 is 2.60 bits per heavy atom. The fourth-order valence-electron chi connectivity index (χ4n) is 0.714. The van der Waals surface area contributed by atoms with Crippen molar-refractivity contribution in [3.05, 3.63) is 29.8 Å². The topological polar surface area (TPSA) is 20.2 Å². The molecule has 0 amide bonds. The van der Waals surface area contributed by atoms with E-state index in [9.17, 15) is 0 Å². The van der Waals surface area contributed by atoms with Gasteiger partial charge in [-0.3, -0.25) is 0 Å². The first-order valence-corrected chi connectivity index (χ1v) is 3.05. The molecule has 0 aliphatic rings. The van der Waals surface area contributed by atoms with Crippen LogP contribution in [0.2, 0.25) is 0 Å².